The van der Waals surface area contributed by atoms with Crippen molar-refractivity contribution in [2.24, 2.45) is 11.8 Å². The van der Waals surface area contributed by atoms with Gasteiger partial charge in [0.25, 0.3) is 11.8 Å². The number of hydrogen-bond acceptors (Lipinski definition) is 11. The van der Waals surface area contributed by atoms with E-state index in [4.69, 9.17) is 29.2 Å². The number of rotatable bonds is 15. The molecule has 15 heteroatoms. The van der Waals surface area contributed by atoms with E-state index in [-0.39, 0.29) is 68.0 Å². The van der Waals surface area contributed by atoms with Crippen molar-refractivity contribution < 1.29 is 52.7 Å². The average molecular weight is 634 g/mol. The van der Waals surface area contributed by atoms with Crippen LogP contribution in [0.4, 0.5) is 4.39 Å². The number of amides is 1. The minimum absolute atomic E-state index is 0.0172. The Morgan fingerprint density at radius 3 is 2.25 bits per heavy atom. The summed E-state index contributed by atoms with van der Waals surface area (Å²) in [7, 11) is 2.73. The van der Waals surface area contributed by atoms with Crippen LogP contribution in [0.15, 0.2) is 12.1 Å². The van der Waals surface area contributed by atoms with Crippen molar-refractivity contribution in [3.8, 4) is 23.3 Å². The van der Waals surface area contributed by atoms with Crippen LogP contribution in [0.25, 0.3) is 10.2 Å². The number of carboxylic acid groups (broad SMARTS) is 2. The summed E-state index contributed by atoms with van der Waals surface area (Å²) in [5.74, 6) is -4.97. The van der Waals surface area contributed by atoms with Gasteiger partial charge in [-0.2, -0.15) is 0 Å². The van der Waals surface area contributed by atoms with E-state index in [1.807, 2.05) is 0 Å². The summed E-state index contributed by atoms with van der Waals surface area (Å²) in [6, 6.07) is 3.28. The first kappa shape index (κ1) is 32.4. The van der Waals surface area contributed by atoms with Gasteiger partial charge in [0.05, 0.1) is 73.1 Å². The molecule has 0 spiro atoms. The molecule has 1 aliphatic rings. The van der Waals surface area contributed by atoms with Crippen LogP contribution >= 0.6 is 11.3 Å². The largest absolute Gasteiger partial charge is 0.491 e. The van der Waals surface area contributed by atoms with Gasteiger partial charge in [0.1, 0.15) is 0 Å². The number of ketones is 1. The number of methoxy groups -OCH3 is 2. The number of fused-ring (bicyclic) bond motifs is 2. The molecular formula is C29H32FN3O10S. The van der Waals surface area contributed by atoms with E-state index in [9.17, 15) is 19.2 Å². The Bertz CT molecular complexity index is 1590. The fourth-order valence-electron chi connectivity index (χ4n) is 4.43. The maximum absolute atomic E-state index is 15.2. The van der Waals surface area contributed by atoms with Crippen LogP contribution in [-0.4, -0.2) is 76.1 Å². The van der Waals surface area contributed by atoms with Crippen molar-refractivity contribution in [1.29, 1.82) is 0 Å². The lowest BCUT2D eigenvalue weighted by molar-refractivity contribution is -0.145. The summed E-state index contributed by atoms with van der Waals surface area (Å²) in [5, 5.41) is 18.2. The first-order valence-corrected chi connectivity index (χ1v) is 14.5. The zero-order valence-corrected chi connectivity index (χ0v) is 25.4. The Balaban J connectivity index is 1.37. The molecule has 3 aromatic rings. The highest BCUT2D eigenvalue weighted by molar-refractivity contribution is 7.20. The predicted molar refractivity (Wildman–Crippen MR) is 154 cm³/mol. The van der Waals surface area contributed by atoms with E-state index in [1.165, 1.54) is 44.3 Å². The summed E-state index contributed by atoms with van der Waals surface area (Å²) in [6.45, 7) is 3.08. The fraction of sp³-hybridized carbons (Fsp3) is 0.448. The highest BCUT2D eigenvalue weighted by Crippen LogP contribution is 2.37. The highest BCUT2D eigenvalue weighted by Gasteiger charge is 2.32. The lowest BCUT2D eigenvalue weighted by atomic mass is 10.0. The van der Waals surface area contributed by atoms with Crippen molar-refractivity contribution in [3.05, 3.63) is 34.1 Å². The van der Waals surface area contributed by atoms with Crippen molar-refractivity contribution in [3.63, 3.8) is 0 Å². The summed E-state index contributed by atoms with van der Waals surface area (Å²) >= 11 is 1.19. The first-order chi connectivity index (χ1) is 20.9. The maximum atomic E-state index is 15.2. The molecule has 236 valence electrons. The van der Waals surface area contributed by atoms with Gasteiger partial charge in [-0.1, -0.05) is 13.8 Å². The quantitative estimate of drug-likeness (QED) is 0.182. The third kappa shape index (κ3) is 7.15. The van der Waals surface area contributed by atoms with Gasteiger partial charge < -0.3 is 34.1 Å². The fourth-order valence-corrected chi connectivity index (χ4v) is 5.41. The molecule has 4 rings (SSSR count). The summed E-state index contributed by atoms with van der Waals surface area (Å²) in [6.07, 6.45) is -0.000810. The molecule has 0 saturated carbocycles. The van der Waals surface area contributed by atoms with Gasteiger partial charge in [-0.05, 0) is 6.07 Å². The van der Waals surface area contributed by atoms with Crippen molar-refractivity contribution in [2.75, 3.05) is 27.4 Å². The molecule has 2 unspecified atom stereocenters. The number of nitrogens with zero attached hydrogens (tertiary/aromatic N) is 3. The summed E-state index contributed by atoms with van der Waals surface area (Å²) < 4.78 is 38.0. The SMILES string of the molecule is COc1cc2sc(C(=O)CC(C)C(=O)O)cc2nc1OCCCOc1nc2c(c(F)c1OC)CN(C(=O)CC(C)C(=O)O)C2. The van der Waals surface area contributed by atoms with E-state index in [2.05, 4.69) is 9.97 Å². The van der Waals surface area contributed by atoms with Crippen LogP contribution in [0.1, 0.15) is 54.0 Å². The Kier molecular flexibility index (Phi) is 10.2. The number of pyridine rings is 2. The molecule has 13 nitrogen and oxygen atoms in total. The van der Waals surface area contributed by atoms with Gasteiger partial charge in [0.2, 0.25) is 11.7 Å². The number of carboxylic acids is 2. The van der Waals surface area contributed by atoms with E-state index in [0.717, 1.165) is 0 Å². The van der Waals surface area contributed by atoms with E-state index < -0.39 is 35.5 Å². The van der Waals surface area contributed by atoms with Gasteiger partial charge in [0, 0.05) is 30.9 Å². The summed E-state index contributed by atoms with van der Waals surface area (Å²) in [4.78, 5) is 57.8. The molecule has 1 amide bonds. The molecule has 2 N–H and O–H groups in total. The van der Waals surface area contributed by atoms with Crippen molar-refractivity contribution >= 4 is 45.2 Å². The number of Topliss-reactive ketones (excluding diaryl/α,β-unsaturated/α-hetero) is 1. The van der Waals surface area contributed by atoms with Gasteiger partial charge in [-0.15, -0.1) is 11.3 Å². The number of hydrogen-bond donors (Lipinski definition) is 2. The number of carbonyl (C=O) groups is 4. The topological polar surface area (TPSA) is 175 Å². The number of thiophene rings is 1. The highest BCUT2D eigenvalue weighted by atomic mass is 32.1. The second-order valence-electron chi connectivity index (χ2n) is 10.3. The molecule has 0 aliphatic carbocycles. The average Bonchev–Trinajstić information content (AvgIpc) is 3.61. The van der Waals surface area contributed by atoms with Crippen LogP contribution in [0, 0.1) is 17.7 Å². The standard InChI is InChI=1S/C29H32FN3O10S/c1-14(28(36)37)8-19(34)22-10-17-21(44-22)11-20(40-3)26(31-17)42-6-5-7-43-27-25(41-4)24(30)16-12-33(13-18(16)32-27)23(35)9-15(2)29(38)39/h10-11,14-15H,5-9,12-13H2,1-4H3,(H,36,37)(H,38,39). The monoisotopic (exact) mass is 633 g/mol. The maximum Gasteiger partial charge on any atom is 0.306 e. The number of halogens is 1. The smallest absolute Gasteiger partial charge is 0.306 e. The molecule has 0 fully saturated rings. The Morgan fingerprint density at radius 1 is 0.955 bits per heavy atom. The zero-order chi connectivity index (χ0) is 32.1. The molecule has 0 saturated heterocycles. The molecule has 0 radical (unpaired) electrons. The number of aromatic nitrogens is 2. The lowest BCUT2D eigenvalue weighted by Gasteiger charge is -2.16. The van der Waals surface area contributed by atoms with E-state index >= 15 is 4.39 Å². The number of aliphatic carboxylic acids is 2. The minimum Gasteiger partial charge on any atom is -0.491 e. The number of ether oxygens (including phenoxy) is 4. The first-order valence-electron chi connectivity index (χ1n) is 13.7. The number of carbonyl (C=O) groups excluding carboxylic acids is 2. The molecule has 4 heterocycles. The molecule has 2 atom stereocenters. The Hall–Kier alpha value is -4.53. The second-order valence-corrected chi connectivity index (χ2v) is 11.4. The molecular weight excluding hydrogens is 601 g/mol. The third-order valence-electron chi connectivity index (χ3n) is 7.00. The normalized spacial score (nSPS) is 13.7. The van der Waals surface area contributed by atoms with Gasteiger partial charge in [0.15, 0.2) is 17.3 Å². The summed E-state index contributed by atoms with van der Waals surface area (Å²) in [5.41, 5.74) is 0.997. The molecule has 44 heavy (non-hydrogen) atoms. The Morgan fingerprint density at radius 2 is 1.61 bits per heavy atom. The zero-order valence-electron chi connectivity index (χ0n) is 24.5. The van der Waals surface area contributed by atoms with Crippen LogP contribution in [0.3, 0.4) is 0 Å². The van der Waals surface area contributed by atoms with Crippen LogP contribution in [-0.2, 0) is 27.5 Å². The van der Waals surface area contributed by atoms with Gasteiger partial charge in [-0.25, -0.2) is 14.4 Å². The molecule has 3 aromatic heterocycles. The third-order valence-corrected chi connectivity index (χ3v) is 8.11. The van der Waals surface area contributed by atoms with Crippen molar-refractivity contribution in [2.45, 2.75) is 46.2 Å². The van der Waals surface area contributed by atoms with Crippen molar-refractivity contribution in [1.82, 2.24) is 14.9 Å². The van der Waals surface area contributed by atoms with Gasteiger partial charge >= 0.3 is 11.9 Å². The van der Waals surface area contributed by atoms with Crippen LogP contribution in [0.2, 0.25) is 0 Å². The van der Waals surface area contributed by atoms with Gasteiger partial charge in [-0.3, -0.25) is 19.2 Å². The van der Waals surface area contributed by atoms with Crippen LogP contribution in [0.5, 0.6) is 23.3 Å². The van der Waals surface area contributed by atoms with Crippen LogP contribution < -0.4 is 18.9 Å². The lowest BCUT2D eigenvalue weighted by Crippen LogP contribution is -2.28. The van der Waals surface area contributed by atoms with E-state index in [0.29, 0.717) is 33.0 Å². The minimum atomic E-state index is -1.09. The second kappa shape index (κ2) is 13.8. The predicted octanol–water partition coefficient (Wildman–Crippen LogP) is 3.94. The molecule has 0 aromatic carbocycles. The molecule has 1 aliphatic heterocycles. The van der Waals surface area contributed by atoms with E-state index in [1.54, 1.807) is 12.1 Å². The Labute approximate surface area is 255 Å². The molecule has 0 bridgehead atoms.